The van der Waals surface area contributed by atoms with Gasteiger partial charge in [0, 0.05) is 12.8 Å². The lowest BCUT2D eigenvalue weighted by molar-refractivity contribution is 0.114. The van der Waals surface area contributed by atoms with Crippen molar-refractivity contribution in [2.24, 2.45) is 5.73 Å². The Morgan fingerprint density at radius 2 is 1.94 bits per heavy atom. The van der Waals surface area contributed by atoms with Crippen LogP contribution in [0.25, 0.3) is 0 Å². The van der Waals surface area contributed by atoms with E-state index >= 15 is 0 Å². The first-order valence-corrected chi connectivity index (χ1v) is 6.63. The van der Waals surface area contributed by atoms with E-state index in [0.29, 0.717) is 5.75 Å². The number of rotatable bonds is 5. The summed E-state index contributed by atoms with van der Waals surface area (Å²) in [4.78, 5) is 0.235. The lowest BCUT2D eigenvalue weighted by atomic mass is 10.3. The van der Waals surface area contributed by atoms with Crippen LogP contribution < -0.4 is 10.5 Å². The van der Waals surface area contributed by atoms with Crippen molar-refractivity contribution in [2.45, 2.75) is 11.0 Å². The second kappa shape index (κ2) is 5.29. The van der Waals surface area contributed by atoms with Gasteiger partial charge in [0.1, 0.15) is 18.5 Å². The molecule has 1 atom stereocenters. The van der Waals surface area contributed by atoms with E-state index in [0.717, 1.165) is 6.26 Å². The molecule has 5 nitrogen and oxygen atoms in total. The minimum absolute atomic E-state index is 0.0920. The highest BCUT2D eigenvalue weighted by Gasteiger charge is 2.07. The Morgan fingerprint density at radius 3 is 2.38 bits per heavy atom. The summed E-state index contributed by atoms with van der Waals surface area (Å²) in [5.74, 6) is 0.500. The van der Waals surface area contributed by atoms with Crippen LogP contribution in [-0.2, 0) is 9.84 Å². The molecule has 6 heteroatoms. The summed E-state index contributed by atoms with van der Waals surface area (Å²) in [6, 6.07) is 6.00. The third kappa shape index (κ3) is 3.80. The number of aliphatic hydroxyl groups excluding tert-OH is 1. The standard InChI is InChI=1S/C10H15NO4S/c1-16(13,14)10-4-2-9(3-5-10)15-7-8(12)6-11/h2-5,8,12H,6-7,11H2,1H3. The maximum atomic E-state index is 11.2. The zero-order valence-corrected chi connectivity index (χ0v) is 9.78. The summed E-state index contributed by atoms with van der Waals surface area (Å²) >= 11 is 0. The highest BCUT2D eigenvalue weighted by molar-refractivity contribution is 7.90. The van der Waals surface area contributed by atoms with E-state index in [1.165, 1.54) is 12.1 Å². The topological polar surface area (TPSA) is 89.6 Å². The maximum absolute atomic E-state index is 11.2. The van der Waals surface area contributed by atoms with Gasteiger partial charge in [-0.1, -0.05) is 0 Å². The largest absolute Gasteiger partial charge is 0.491 e. The lowest BCUT2D eigenvalue weighted by Crippen LogP contribution is -2.26. The van der Waals surface area contributed by atoms with Gasteiger partial charge >= 0.3 is 0 Å². The summed E-state index contributed by atoms with van der Waals surface area (Å²) in [6.45, 7) is 0.218. The lowest BCUT2D eigenvalue weighted by Gasteiger charge is -2.10. The van der Waals surface area contributed by atoms with Crippen molar-refractivity contribution in [3.63, 3.8) is 0 Å². The molecule has 0 heterocycles. The van der Waals surface area contributed by atoms with Crippen molar-refractivity contribution in [3.05, 3.63) is 24.3 Å². The Morgan fingerprint density at radius 1 is 1.38 bits per heavy atom. The van der Waals surface area contributed by atoms with E-state index in [1.807, 2.05) is 0 Å². The summed E-state index contributed by atoms with van der Waals surface area (Å²) < 4.78 is 27.5. The molecule has 1 unspecified atom stereocenters. The molecule has 0 saturated heterocycles. The first-order chi connectivity index (χ1) is 7.43. The van der Waals surface area contributed by atoms with Crippen LogP contribution in [0.1, 0.15) is 0 Å². The minimum Gasteiger partial charge on any atom is -0.491 e. The number of hydrogen-bond donors (Lipinski definition) is 2. The Hall–Kier alpha value is -1.11. The predicted octanol–water partition coefficient (Wildman–Crippen LogP) is -0.211. The number of aliphatic hydroxyl groups is 1. The average molecular weight is 245 g/mol. The predicted molar refractivity (Wildman–Crippen MR) is 60.1 cm³/mol. The van der Waals surface area contributed by atoms with Gasteiger partial charge < -0.3 is 15.6 Å². The zero-order chi connectivity index (χ0) is 12.2. The molecule has 0 fully saturated rings. The third-order valence-corrected chi connectivity index (χ3v) is 3.09. The molecule has 16 heavy (non-hydrogen) atoms. The first-order valence-electron chi connectivity index (χ1n) is 4.74. The Bertz CT molecular complexity index is 427. The molecule has 0 spiro atoms. The molecule has 1 rings (SSSR count). The normalized spacial score (nSPS) is 13.4. The summed E-state index contributed by atoms with van der Waals surface area (Å²) in [6.07, 6.45) is 0.427. The van der Waals surface area contributed by atoms with Crippen LogP contribution in [0.4, 0.5) is 0 Å². The van der Waals surface area contributed by atoms with Crippen molar-refractivity contribution in [2.75, 3.05) is 19.4 Å². The maximum Gasteiger partial charge on any atom is 0.175 e. The molecule has 0 aromatic heterocycles. The van der Waals surface area contributed by atoms with Crippen LogP contribution in [0.3, 0.4) is 0 Å². The molecule has 1 aromatic carbocycles. The van der Waals surface area contributed by atoms with Crippen LogP contribution in [0, 0.1) is 0 Å². The van der Waals surface area contributed by atoms with Gasteiger partial charge in [-0.05, 0) is 24.3 Å². The highest BCUT2D eigenvalue weighted by atomic mass is 32.2. The van der Waals surface area contributed by atoms with Gasteiger partial charge in [0.2, 0.25) is 0 Å². The average Bonchev–Trinajstić information content (AvgIpc) is 2.25. The molecule has 0 amide bonds. The van der Waals surface area contributed by atoms with E-state index in [1.54, 1.807) is 12.1 Å². The fourth-order valence-corrected chi connectivity index (χ4v) is 1.67. The molecule has 0 saturated carbocycles. The molecule has 90 valence electrons. The van der Waals surface area contributed by atoms with Gasteiger partial charge in [-0.2, -0.15) is 0 Å². The van der Waals surface area contributed by atoms with Crippen LogP contribution >= 0.6 is 0 Å². The first kappa shape index (κ1) is 13.0. The second-order valence-electron chi connectivity index (χ2n) is 3.44. The molecule has 0 bridgehead atoms. The zero-order valence-electron chi connectivity index (χ0n) is 8.96. The van der Waals surface area contributed by atoms with Gasteiger partial charge in [0.15, 0.2) is 9.84 Å². The Balaban J connectivity index is 2.66. The van der Waals surface area contributed by atoms with Crippen molar-refractivity contribution in [1.29, 1.82) is 0 Å². The van der Waals surface area contributed by atoms with E-state index in [4.69, 9.17) is 15.6 Å². The smallest absolute Gasteiger partial charge is 0.175 e. The number of benzene rings is 1. The SMILES string of the molecule is CS(=O)(=O)c1ccc(OCC(O)CN)cc1. The van der Waals surface area contributed by atoms with Crippen LogP contribution in [0.5, 0.6) is 5.75 Å². The molecule has 0 aliphatic carbocycles. The van der Waals surface area contributed by atoms with E-state index in [-0.39, 0.29) is 18.0 Å². The highest BCUT2D eigenvalue weighted by Crippen LogP contribution is 2.15. The van der Waals surface area contributed by atoms with Gasteiger partial charge in [-0.3, -0.25) is 0 Å². The number of sulfone groups is 1. The number of hydrogen-bond acceptors (Lipinski definition) is 5. The van der Waals surface area contributed by atoms with Gasteiger partial charge in [0.05, 0.1) is 4.90 Å². The summed E-state index contributed by atoms with van der Waals surface area (Å²) in [5, 5.41) is 9.16. The fraction of sp³-hybridized carbons (Fsp3) is 0.400. The molecular formula is C10H15NO4S. The van der Waals surface area contributed by atoms with Crippen LogP contribution in [0.15, 0.2) is 29.2 Å². The molecule has 0 radical (unpaired) electrons. The van der Waals surface area contributed by atoms with Gasteiger partial charge in [-0.15, -0.1) is 0 Å². The number of nitrogens with two attached hydrogens (primary N) is 1. The van der Waals surface area contributed by atoms with Crippen molar-refractivity contribution in [1.82, 2.24) is 0 Å². The second-order valence-corrected chi connectivity index (χ2v) is 5.46. The monoisotopic (exact) mass is 245 g/mol. The fourth-order valence-electron chi connectivity index (χ4n) is 1.04. The molecule has 0 aliphatic rings. The Labute approximate surface area is 94.8 Å². The Kier molecular flexibility index (Phi) is 4.28. The van der Waals surface area contributed by atoms with Gasteiger partial charge in [0.25, 0.3) is 0 Å². The molecule has 0 aliphatic heterocycles. The van der Waals surface area contributed by atoms with Crippen LogP contribution in [-0.4, -0.2) is 39.0 Å². The summed E-state index contributed by atoms with van der Waals surface area (Å²) in [5.41, 5.74) is 5.21. The van der Waals surface area contributed by atoms with Crippen molar-refractivity contribution >= 4 is 9.84 Å². The third-order valence-electron chi connectivity index (χ3n) is 1.97. The van der Waals surface area contributed by atoms with Gasteiger partial charge in [-0.25, -0.2) is 8.42 Å². The quantitative estimate of drug-likeness (QED) is 0.749. The number of ether oxygens (including phenoxy) is 1. The molecular weight excluding hydrogens is 230 g/mol. The van der Waals surface area contributed by atoms with E-state index in [9.17, 15) is 8.42 Å². The van der Waals surface area contributed by atoms with Crippen molar-refractivity contribution < 1.29 is 18.3 Å². The molecule has 3 N–H and O–H groups in total. The van der Waals surface area contributed by atoms with Crippen molar-refractivity contribution in [3.8, 4) is 5.75 Å². The minimum atomic E-state index is -3.18. The van der Waals surface area contributed by atoms with E-state index < -0.39 is 15.9 Å². The van der Waals surface area contributed by atoms with E-state index in [2.05, 4.69) is 0 Å². The molecule has 1 aromatic rings. The summed E-state index contributed by atoms with van der Waals surface area (Å²) in [7, 11) is -3.18. The van der Waals surface area contributed by atoms with Crippen LogP contribution in [0.2, 0.25) is 0 Å².